The van der Waals surface area contributed by atoms with Crippen LogP contribution in [0.3, 0.4) is 0 Å². The molecule has 9 nitrogen and oxygen atoms in total. The number of ether oxygens (including phenoxy) is 2. The van der Waals surface area contributed by atoms with Crippen molar-refractivity contribution < 1.29 is 27.5 Å². The largest absolute Gasteiger partial charge is 0.495 e. The molecule has 0 spiro atoms. The fourth-order valence-electron chi connectivity index (χ4n) is 3.42. The normalized spacial score (nSPS) is 23.2. The second-order valence-electron chi connectivity index (χ2n) is 8.46. The smallest absolute Gasteiger partial charge is 0.407 e. The summed E-state index contributed by atoms with van der Waals surface area (Å²) in [5.74, 6) is 0.0503. The molecule has 2 saturated heterocycles. The molecule has 2 atom stereocenters. The van der Waals surface area contributed by atoms with Gasteiger partial charge in [-0.3, -0.25) is 4.79 Å². The topological polar surface area (TPSA) is 114 Å². The summed E-state index contributed by atoms with van der Waals surface area (Å²) in [5, 5.41) is 3.08. The number of aliphatic imine (C=N–C) groups is 1. The van der Waals surface area contributed by atoms with Gasteiger partial charge in [0.1, 0.15) is 11.4 Å². The maximum absolute atomic E-state index is 12.5. The molecule has 0 unspecified atom stereocenters. The Labute approximate surface area is 196 Å². The van der Waals surface area contributed by atoms with Gasteiger partial charge in [0.05, 0.1) is 29.7 Å². The van der Waals surface area contributed by atoms with Crippen LogP contribution in [0.4, 0.5) is 10.5 Å². The van der Waals surface area contributed by atoms with Gasteiger partial charge in [-0.05, 0) is 39.0 Å². The first kappa shape index (κ1) is 24.7. The number of alkyl carbamates (subject to hydrolysis) is 1. The molecule has 2 aliphatic heterocycles. The van der Waals surface area contributed by atoms with E-state index >= 15 is 0 Å². The molecular formula is C20H26ClN3O6S2. The molecule has 1 N–H and O–H groups in total. The predicted octanol–water partition coefficient (Wildman–Crippen LogP) is 2.86. The summed E-state index contributed by atoms with van der Waals surface area (Å²) in [6.07, 6.45) is -0.629. The molecule has 2 amide bonds. The number of methoxy groups -OCH3 is 1. The Balaban J connectivity index is 1.75. The molecule has 1 aromatic carbocycles. The number of anilines is 1. The first-order valence-electron chi connectivity index (χ1n) is 9.97. The lowest BCUT2D eigenvalue weighted by atomic mass is 10.2. The number of benzene rings is 1. The Hall–Kier alpha value is -1.98. The quantitative estimate of drug-likeness (QED) is 0.652. The van der Waals surface area contributed by atoms with E-state index in [4.69, 9.17) is 21.1 Å². The van der Waals surface area contributed by atoms with Crippen molar-refractivity contribution in [3.8, 4) is 5.75 Å². The third-order valence-electron chi connectivity index (χ3n) is 4.71. The van der Waals surface area contributed by atoms with E-state index in [1.807, 2.05) is 0 Å². The molecule has 12 heteroatoms. The van der Waals surface area contributed by atoms with Gasteiger partial charge in [-0.2, -0.15) is 4.99 Å². The van der Waals surface area contributed by atoms with Gasteiger partial charge in [0.25, 0.3) is 0 Å². The lowest BCUT2D eigenvalue weighted by molar-refractivity contribution is -0.117. The number of carbonyl (C=O) groups is 2. The van der Waals surface area contributed by atoms with Gasteiger partial charge in [-0.15, -0.1) is 0 Å². The molecule has 3 rings (SSSR count). The Morgan fingerprint density at radius 3 is 2.66 bits per heavy atom. The van der Waals surface area contributed by atoms with Crippen molar-refractivity contribution in [3.05, 3.63) is 23.2 Å². The van der Waals surface area contributed by atoms with Crippen LogP contribution in [0.1, 0.15) is 27.2 Å². The fourth-order valence-corrected chi connectivity index (χ4v) is 7.60. The summed E-state index contributed by atoms with van der Waals surface area (Å²) >= 11 is 7.54. The van der Waals surface area contributed by atoms with Crippen molar-refractivity contribution in [2.24, 2.45) is 4.99 Å². The second kappa shape index (κ2) is 9.48. The zero-order valence-corrected chi connectivity index (χ0v) is 20.6. The van der Waals surface area contributed by atoms with Gasteiger partial charge >= 0.3 is 6.09 Å². The number of amidine groups is 1. The van der Waals surface area contributed by atoms with Crippen LogP contribution in [0.5, 0.6) is 5.75 Å². The molecule has 0 radical (unpaired) electrons. The summed E-state index contributed by atoms with van der Waals surface area (Å²) in [7, 11) is -1.68. The van der Waals surface area contributed by atoms with Crippen molar-refractivity contribution in [2.75, 3.05) is 30.1 Å². The van der Waals surface area contributed by atoms with E-state index in [0.717, 1.165) is 0 Å². The number of thioether (sulfide) groups is 1. The van der Waals surface area contributed by atoms with E-state index in [2.05, 4.69) is 10.3 Å². The number of sulfone groups is 1. The minimum absolute atomic E-state index is 0.0197. The van der Waals surface area contributed by atoms with E-state index in [-0.39, 0.29) is 35.8 Å². The van der Waals surface area contributed by atoms with Crippen molar-refractivity contribution in [3.63, 3.8) is 0 Å². The van der Waals surface area contributed by atoms with Crippen LogP contribution in [-0.4, -0.2) is 67.6 Å². The number of carbonyl (C=O) groups excluding carboxylic acids is 2. The molecule has 2 fully saturated rings. The van der Waals surface area contributed by atoms with Gasteiger partial charge < -0.3 is 19.7 Å². The van der Waals surface area contributed by atoms with Crippen LogP contribution in [-0.2, 0) is 19.4 Å². The van der Waals surface area contributed by atoms with Crippen molar-refractivity contribution >= 4 is 56.1 Å². The molecule has 0 saturated carbocycles. The average molecular weight is 504 g/mol. The van der Waals surface area contributed by atoms with Crippen LogP contribution in [0.2, 0.25) is 5.02 Å². The number of amides is 2. The van der Waals surface area contributed by atoms with E-state index in [1.54, 1.807) is 43.9 Å². The van der Waals surface area contributed by atoms with Crippen molar-refractivity contribution in [1.82, 2.24) is 5.32 Å². The van der Waals surface area contributed by atoms with Gasteiger partial charge in [0.15, 0.2) is 15.0 Å². The lowest BCUT2D eigenvalue weighted by Gasteiger charge is -2.25. The number of hydrogen-bond donors (Lipinski definition) is 1. The summed E-state index contributed by atoms with van der Waals surface area (Å²) in [5.41, 5.74) is -0.00102. The number of rotatable bonds is 5. The molecule has 0 aromatic heterocycles. The van der Waals surface area contributed by atoms with E-state index < -0.39 is 27.4 Å². The molecule has 0 aliphatic carbocycles. The summed E-state index contributed by atoms with van der Waals surface area (Å²) in [6, 6.07) is 4.76. The zero-order valence-electron chi connectivity index (χ0n) is 18.3. The van der Waals surface area contributed by atoms with E-state index in [1.165, 1.54) is 18.9 Å². The third kappa shape index (κ3) is 6.08. The minimum atomic E-state index is -3.18. The number of nitrogens with one attached hydrogen (secondary N) is 1. The molecule has 2 aliphatic rings. The van der Waals surface area contributed by atoms with Gasteiger partial charge in [0.2, 0.25) is 5.91 Å². The van der Waals surface area contributed by atoms with Crippen LogP contribution in [0.25, 0.3) is 0 Å². The zero-order chi connectivity index (χ0) is 23.7. The summed E-state index contributed by atoms with van der Waals surface area (Å²) < 4.78 is 34.7. The summed E-state index contributed by atoms with van der Waals surface area (Å²) in [6.45, 7) is 5.32. The predicted molar refractivity (Wildman–Crippen MR) is 126 cm³/mol. The minimum Gasteiger partial charge on any atom is -0.495 e. The lowest BCUT2D eigenvalue weighted by Crippen LogP contribution is -2.38. The first-order valence-corrected chi connectivity index (χ1v) is 13.0. The van der Waals surface area contributed by atoms with Crippen molar-refractivity contribution in [1.29, 1.82) is 0 Å². The van der Waals surface area contributed by atoms with E-state index in [9.17, 15) is 18.0 Å². The highest BCUT2D eigenvalue weighted by molar-refractivity contribution is 8.16. The Morgan fingerprint density at radius 2 is 2.03 bits per heavy atom. The summed E-state index contributed by atoms with van der Waals surface area (Å²) in [4.78, 5) is 30.2. The van der Waals surface area contributed by atoms with Gasteiger partial charge in [0, 0.05) is 23.9 Å². The first-order chi connectivity index (χ1) is 14.9. The number of halogens is 1. The highest BCUT2D eigenvalue weighted by atomic mass is 35.5. The van der Waals surface area contributed by atoms with Crippen LogP contribution in [0.15, 0.2) is 23.2 Å². The highest BCUT2D eigenvalue weighted by Crippen LogP contribution is 2.42. The number of hydrogen-bond acceptors (Lipinski definition) is 7. The molecule has 32 heavy (non-hydrogen) atoms. The molecule has 0 bridgehead atoms. The molecular weight excluding hydrogens is 478 g/mol. The third-order valence-corrected chi connectivity index (χ3v) is 8.21. The standard InChI is InChI=1S/C20H26ClN3O6S2/c1-20(2,3)30-19(26)22-8-7-17(25)23-18-24(12-5-6-15(29-4)13(21)9-12)14-10-32(27,28)11-16(14)31-18/h5-6,9,14,16H,7-8,10-11H2,1-4H3,(H,22,26)/t14-,16-/m1/s1. The Kier molecular flexibility index (Phi) is 7.31. The van der Waals surface area contributed by atoms with Gasteiger partial charge in [-0.1, -0.05) is 23.4 Å². The highest BCUT2D eigenvalue weighted by Gasteiger charge is 2.49. The van der Waals surface area contributed by atoms with Crippen LogP contribution in [0, 0.1) is 0 Å². The fraction of sp³-hybridized carbons (Fsp3) is 0.550. The monoisotopic (exact) mass is 503 g/mol. The van der Waals surface area contributed by atoms with Gasteiger partial charge in [-0.25, -0.2) is 13.2 Å². The number of nitrogens with zero attached hydrogens (tertiary/aromatic N) is 2. The second-order valence-corrected chi connectivity index (χ2v) is 12.2. The van der Waals surface area contributed by atoms with Crippen LogP contribution < -0.4 is 15.0 Å². The molecule has 1 aromatic rings. The molecule has 2 heterocycles. The molecule has 176 valence electrons. The van der Waals surface area contributed by atoms with E-state index in [0.29, 0.717) is 21.6 Å². The van der Waals surface area contributed by atoms with Crippen LogP contribution >= 0.6 is 23.4 Å². The maximum atomic E-state index is 12.5. The SMILES string of the molecule is COc1ccc(N2C(=NC(=O)CCNC(=O)OC(C)(C)C)S[C@@H]3CS(=O)(=O)C[C@H]32)cc1Cl. The maximum Gasteiger partial charge on any atom is 0.407 e. The number of fused-ring (bicyclic) bond motifs is 1. The Bertz CT molecular complexity index is 1040. The van der Waals surface area contributed by atoms with Crippen molar-refractivity contribution in [2.45, 2.75) is 44.1 Å². The average Bonchev–Trinajstić information content (AvgIpc) is 3.10. The Morgan fingerprint density at radius 1 is 1.31 bits per heavy atom.